The molecule has 8 heteroatoms. The van der Waals surface area contributed by atoms with E-state index in [0.717, 1.165) is 5.56 Å². The minimum Gasteiger partial charge on any atom is -0.308 e. The topological polar surface area (TPSA) is 93.4 Å². The molecule has 0 spiro atoms. The zero-order valence-corrected chi connectivity index (χ0v) is 12.0. The lowest BCUT2D eigenvalue weighted by atomic mass is 10.3. The van der Waals surface area contributed by atoms with Gasteiger partial charge in [0.15, 0.2) is 0 Å². The van der Waals surface area contributed by atoms with Gasteiger partial charge in [0.2, 0.25) is 15.9 Å². The third kappa shape index (κ3) is 2.55. The number of aryl methyl sites for hydroxylation is 1. The van der Waals surface area contributed by atoms with Crippen LogP contribution >= 0.6 is 15.9 Å². The third-order valence-electron chi connectivity index (χ3n) is 2.80. The molecule has 6 nitrogen and oxygen atoms in total. The van der Waals surface area contributed by atoms with Gasteiger partial charge in [0.25, 0.3) is 0 Å². The minimum absolute atomic E-state index is 0.0708. The van der Waals surface area contributed by atoms with E-state index in [1.54, 1.807) is 12.3 Å². The standard InChI is InChI=1S/C10H12BrN3O3S/c1-6-2-8(10(11)13-4-6)14-5-7(3-9(14)15)18(12,16)17/h2,4,7H,3,5H2,1H3,(H2,12,16,17). The zero-order valence-electron chi connectivity index (χ0n) is 9.63. The quantitative estimate of drug-likeness (QED) is 0.799. The van der Waals surface area contributed by atoms with Crippen LogP contribution in [0.15, 0.2) is 16.9 Å². The highest BCUT2D eigenvalue weighted by Crippen LogP contribution is 2.30. The molecule has 1 aromatic heterocycles. The molecule has 1 amide bonds. The summed E-state index contributed by atoms with van der Waals surface area (Å²) in [6.07, 6.45) is 1.57. The van der Waals surface area contributed by atoms with Crippen LogP contribution in [0.25, 0.3) is 0 Å². The Kier molecular flexibility index (Phi) is 3.43. The fourth-order valence-electron chi connectivity index (χ4n) is 1.85. The van der Waals surface area contributed by atoms with Crippen molar-refractivity contribution in [2.24, 2.45) is 5.14 Å². The summed E-state index contributed by atoms with van der Waals surface area (Å²) in [6, 6.07) is 1.78. The lowest BCUT2D eigenvalue weighted by molar-refractivity contribution is -0.117. The number of nitrogens with two attached hydrogens (primary N) is 1. The van der Waals surface area contributed by atoms with Gasteiger partial charge in [-0.15, -0.1) is 0 Å². The van der Waals surface area contributed by atoms with Crippen molar-refractivity contribution in [2.45, 2.75) is 18.6 Å². The molecule has 2 heterocycles. The number of sulfonamides is 1. The predicted molar refractivity (Wildman–Crippen MR) is 70.5 cm³/mol. The van der Waals surface area contributed by atoms with Crippen LogP contribution in [-0.2, 0) is 14.8 Å². The number of hydrogen-bond donors (Lipinski definition) is 1. The van der Waals surface area contributed by atoms with Gasteiger partial charge in [-0.3, -0.25) is 4.79 Å². The molecule has 0 aromatic carbocycles. The molecule has 1 aromatic rings. The summed E-state index contributed by atoms with van der Waals surface area (Å²) in [6.45, 7) is 1.92. The fourth-order valence-corrected chi connectivity index (χ4v) is 3.02. The average Bonchev–Trinajstić information content (AvgIpc) is 2.64. The molecule has 0 bridgehead atoms. The third-order valence-corrected chi connectivity index (χ3v) is 4.66. The molecule has 98 valence electrons. The summed E-state index contributed by atoms with van der Waals surface area (Å²) in [4.78, 5) is 17.3. The molecule has 1 aliphatic rings. The van der Waals surface area contributed by atoms with E-state index in [4.69, 9.17) is 5.14 Å². The fraction of sp³-hybridized carbons (Fsp3) is 0.400. The molecule has 2 rings (SSSR count). The second-order valence-electron chi connectivity index (χ2n) is 4.24. The van der Waals surface area contributed by atoms with E-state index < -0.39 is 15.3 Å². The number of nitrogens with zero attached hydrogens (tertiary/aromatic N) is 2. The van der Waals surface area contributed by atoms with Crippen molar-refractivity contribution in [2.75, 3.05) is 11.4 Å². The van der Waals surface area contributed by atoms with Gasteiger partial charge in [-0.05, 0) is 34.5 Å². The van der Waals surface area contributed by atoms with Crippen LogP contribution in [0.1, 0.15) is 12.0 Å². The molecule has 2 N–H and O–H groups in total. The number of primary sulfonamides is 1. The van der Waals surface area contributed by atoms with Crippen molar-refractivity contribution in [1.82, 2.24) is 4.98 Å². The van der Waals surface area contributed by atoms with Gasteiger partial charge in [-0.1, -0.05) is 0 Å². The molecular weight excluding hydrogens is 322 g/mol. The number of hydrogen-bond acceptors (Lipinski definition) is 4. The first-order valence-corrected chi connectivity index (χ1v) is 7.63. The number of rotatable bonds is 2. The predicted octanol–water partition coefficient (Wildman–Crippen LogP) is 0.546. The van der Waals surface area contributed by atoms with Crippen molar-refractivity contribution in [3.8, 4) is 0 Å². The first-order chi connectivity index (χ1) is 8.29. The molecule has 0 radical (unpaired) electrons. The zero-order chi connectivity index (χ0) is 13.5. The summed E-state index contributed by atoms with van der Waals surface area (Å²) in [5, 5.41) is 4.23. The first kappa shape index (κ1) is 13.4. The number of aromatic nitrogens is 1. The van der Waals surface area contributed by atoms with Gasteiger partial charge in [0.05, 0.1) is 5.69 Å². The second kappa shape index (κ2) is 4.60. The summed E-state index contributed by atoms with van der Waals surface area (Å²) in [5.74, 6) is -0.262. The van der Waals surface area contributed by atoms with Gasteiger partial charge in [0, 0.05) is 19.2 Å². The number of carbonyl (C=O) groups excluding carboxylic acids is 1. The van der Waals surface area contributed by atoms with Crippen LogP contribution in [0.3, 0.4) is 0 Å². The number of halogens is 1. The van der Waals surface area contributed by atoms with Crippen LogP contribution in [0.5, 0.6) is 0 Å². The van der Waals surface area contributed by atoms with Crippen molar-refractivity contribution in [1.29, 1.82) is 0 Å². The second-order valence-corrected chi connectivity index (χ2v) is 6.84. The molecule has 0 aliphatic carbocycles. The highest BCUT2D eigenvalue weighted by Gasteiger charge is 2.37. The number of anilines is 1. The maximum Gasteiger partial charge on any atom is 0.228 e. The van der Waals surface area contributed by atoms with Gasteiger partial charge in [-0.2, -0.15) is 0 Å². The van der Waals surface area contributed by atoms with Crippen LogP contribution < -0.4 is 10.0 Å². The monoisotopic (exact) mass is 333 g/mol. The number of pyridine rings is 1. The van der Waals surface area contributed by atoms with Crippen molar-refractivity contribution in [3.05, 3.63) is 22.4 Å². The van der Waals surface area contributed by atoms with Gasteiger partial charge >= 0.3 is 0 Å². The maximum absolute atomic E-state index is 11.9. The van der Waals surface area contributed by atoms with E-state index in [2.05, 4.69) is 20.9 Å². The first-order valence-electron chi connectivity index (χ1n) is 5.23. The Morgan fingerprint density at radius 3 is 2.78 bits per heavy atom. The maximum atomic E-state index is 11.9. The van der Waals surface area contributed by atoms with Crippen molar-refractivity contribution < 1.29 is 13.2 Å². The lowest BCUT2D eigenvalue weighted by Crippen LogP contribution is -2.32. The van der Waals surface area contributed by atoms with Gasteiger partial charge < -0.3 is 4.90 Å². The largest absolute Gasteiger partial charge is 0.308 e. The Labute approximate surface area is 113 Å². The van der Waals surface area contributed by atoms with Crippen LogP contribution in [0.4, 0.5) is 5.69 Å². The number of carbonyl (C=O) groups is 1. The summed E-state index contributed by atoms with van der Waals surface area (Å²) >= 11 is 3.25. The van der Waals surface area contributed by atoms with E-state index in [-0.39, 0.29) is 18.9 Å². The Balaban J connectivity index is 2.35. The van der Waals surface area contributed by atoms with Gasteiger partial charge in [0.1, 0.15) is 9.85 Å². The Morgan fingerprint density at radius 2 is 2.22 bits per heavy atom. The molecule has 1 aliphatic heterocycles. The molecule has 1 atom stereocenters. The number of amides is 1. The average molecular weight is 334 g/mol. The molecule has 18 heavy (non-hydrogen) atoms. The van der Waals surface area contributed by atoms with E-state index >= 15 is 0 Å². The van der Waals surface area contributed by atoms with E-state index in [9.17, 15) is 13.2 Å². The SMILES string of the molecule is Cc1cnc(Br)c(N2CC(S(N)(=O)=O)CC2=O)c1. The van der Waals surface area contributed by atoms with Crippen LogP contribution in [0.2, 0.25) is 0 Å². The van der Waals surface area contributed by atoms with Crippen molar-refractivity contribution >= 4 is 37.5 Å². The van der Waals surface area contributed by atoms with Gasteiger partial charge in [-0.25, -0.2) is 18.5 Å². The summed E-state index contributed by atoms with van der Waals surface area (Å²) in [7, 11) is -3.70. The molecule has 1 fully saturated rings. The van der Waals surface area contributed by atoms with E-state index in [1.165, 1.54) is 4.90 Å². The summed E-state index contributed by atoms with van der Waals surface area (Å²) < 4.78 is 23.1. The van der Waals surface area contributed by atoms with Crippen LogP contribution in [0, 0.1) is 6.92 Å². The Morgan fingerprint density at radius 1 is 1.56 bits per heavy atom. The summed E-state index contributed by atoms with van der Waals surface area (Å²) in [5.41, 5.74) is 1.46. The highest BCUT2D eigenvalue weighted by molar-refractivity contribution is 9.10. The Bertz CT molecular complexity index is 602. The lowest BCUT2D eigenvalue weighted by Gasteiger charge is -2.17. The normalized spacial score (nSPS) is 20.5. The molecule has 1 saturated heterocycles. The van der Waals surface area contributed by atoms with Crippen molar-refractivity contribution in [3.63, 3.8) is 0 Å². The minimum atomic E-state index is -3.70. The smallest absolute Gasteiger partial charge is 0.228 e. The van der Waals surface area contributed by atoms with E-state index in [0.29, 0.717) is 10.3 Å². The Hall–Kier alpha value is -0.990. The molecule has 1 unspecified atom stereocenters. The molecular formula is C10H12BrN3O3S. The van der Waals surface area contributed by atoms with Crippen LogP contribution in [-0.4, -0.2) is 31.1 Å². The van der Waals surface area contributed by atoms with E-state index in [1.807, 2.05) is 6.92 Å². The highest BCUT2D eigenvalue weighted by atomic mass is 79.9. The molecule has 0 saturated carbocycles.